The number of thiocarbonyl (C=S) groups is 1. The summed E-state index contributed by atoms with van der Waals surface area (Å²) in [6.07, 6.45) is 0. The third-order valence-electron chi connectivity index (χ3n) is 2.82. The van der Waals surface area contributed by atoms with Crippen LogP contribution in [0.3, 0.4) is 0 Å². The van der Waals surface area contributed by atoms with Gasteiger partial charge >= 0.3 is 0 Å². The summed E-state index contributed by atoms with van der Waals surface area (Å²) in [7, 11) is 4.07. The average Bonchev–Trinajstić information content (AvgIpc) is 2.42. The highest BCUT2D eigenvalue weighted by Gasteiger charge is 2.10. The number of nitrogens with zero attached hydrogens (tertiary/aromatic N) is 1. The van der Waals surface area contributed by atoms with Gasteiger partial charge in [0.05, 0.1) is 13.2 Å². The number of benzene rings is 1. The topological polar surface area (TPSA) is 50.5 Å². The molecular formula is C15H25N3OS2. The predicted octanol–water partition coefficient (Wildman–Crippen LogP) is 2.42. The minimum absolute atomic E-state index is 0.433. The Bertz CT molecular complexity index is 453. The van der Waals surface area contributed by atoms with Gasteiger partial charge in [-0.15, -0.1) is 11.8 Å². The summed E-state index contributed by atoms with van der Waals surface area (Å²) in [6.45, 7) is 5.19. The second-order valence-corrected chi connectivity index (χ2v) is 6.56. The molecule has 1 aromatic rings. The highest BCUT2D eigenvalue weighted by molar-refractivity contribution is 7.99. The third-order valence-corrected chi connectivity index (χ3v) is 3.96. The monoisotopic (exact) mass is 327 g/mol. The van der Waals surface area contributed by atoms with Gasteiger partial charge in [0.25, 0.3) is 0 Å². The lowest BCUT2D eigenvalue weighted by Crippen LogP contribution is -2.21. The molecule has 0 spiro atoms. The molecule has 0 bridgehead atoms. The van der Waals surface area contributed by atoms with Gasteiger partial charge in [-0.1, -0.05) is 25.2 Å². The van der Waals surface area contributed by atoms with Gasteiger partial charge in [-0.3, -0.25) is 0 Å². The Kier molecular flexibility index (Phi) is 8.68. The molecule has 1 rings (SSSR count). The Hall–Kier alpha value is -0.820. The predicted molar refractivity (Wildman–Crippen MR) is 96.6 cm³/mol. The van der Waals surface area contributed by atoms with Crippen molar-refractivity contribution in [1.82, 2.24) is 4.90 Å². The van der Waals surface area contributed by atoms with Gasteiger partial charge in [0.2, 0.25) is 0 Å². The molecule has 0 saturated carbocycles. The van der Waals surface area contributed by atoms with Crippen molar-refractivity contribution in [2.24, 2.45) is 5.73 Å². The van der Waals surface area contributed by atoms with Crippen molar-refractivity contribution in [3.63, 3.8) is 0 Å². The van der Waals surface area contributed by atoms with Gasteiger partial charge in [0, 0.05) is 29.2 Å². The van der Waals surface area contributed by atoms with Crippen LogP contribution in [0.2, 0.25) is 0 Å². The minimum atomic E-state index is 0.433. The van der Waals surface area contributed by atoms with E-state index in [2.05, 4.69) is 23.2 Å². The van der Waals surface area contributed by atoms with E-state index in [1.807, 2.05) is 26.2 Å². The summed E-state index contributed by atoms with van der Waals surface area (Å²) in [4.78, 5) is 3.66. The molecule has 0 heterocycles. The van der Waals surface area contributed by atoms with Crippen molar-refractivity contribution in [2.45, 2.75) is 11.8 Å². The number of hydrogen-bond donors (Lipinski definition) is 2. The van der Waals surface area contributed by atoms with E-state index < -0.39 is 0 Å². The lowest BCUT2D eigenvalue weighted by atomic mass is 10.1. The zero-order valence-electron chi connectivity index (χ0n) is 13.0. The maximum atomic E-state index is 5.87. The standard InChI is InChI=1S/C15H25N3OS2/c1-4-21-13-7-5-6-12(14(13)15(16)20)17-8-10-19-11-9-18(2)3/h5-7,17H,4,8-11H2,1-3H3,(H2,16,20). The SMILES string of the molecule is CCSc1cccc(NCCOCCN(C)C)c1C(N)=S. The third kappa shape index (κ3) is 6.65. The summed E-state index contributed by atoms with van der Waals surface area (Å²) in [6, 6.07) is 6.09. The summed E-state index contributed by atoms with van der Waals surface area (Å²) in [5.74, 6) is 0.993. The number of rotatable bonds is 10. The van der Waals surface area contributed by atoms with Crippen LogP contribution in [-0.2, 0) is 4.74 Å². The maximum Gasteiger partial charge on any atom is 0.107 e. The molecule has 21 heavy (non-hydrogen) atoms. The van der Waals surface area contributed by atoms with E-state index in [4.69, 9.17) is 22.7 Å². The van der Waals surface area contributed by atoms with Crippen molar-refractivity contribution in [3.05, 3.63) is 23.8 Å². The van der Waals surface area contributed by atoms with Crippen LogP contribution >= 0.6 is 24.0 Å². The zero-order valence-corrected chi connectivity index (χ0v) is 14.6. The fraction of sp³-hybridized carbons (Fsp3) is 0.533. The van der Waals surface area contributed by atoms with Crippen molar-refractivity contribution < 1.29 is 4.74 Å². The van der Waals surface area contributed by atoms with Gasteiger partial charge in [0.15, 0.2) is 0 Å². The Morgan fingerprint density at radius 2 is 2.14 bits per heavy atom. The molecule has 6 heteroatoms. The number of anilines is 1. The molecule has 0 aromatic heterocycles. The van der Waals surface area contributed by atoms with Crippen LogP contribution in [0.25, 0.3) is 0 Å². The molecule has 0 aliphatic rings. The molecule has 1 aromatic carbocycles. The van der Waals surface area contributed by atoms with E-state index in [0.717, 1.165) is 41.6 Å². The molecule has 3 N–H and O–H groups in total. The van der Waals surface area contributed by atoms with Gasteiger partial charge in [-0.2, -0.15) is 0 Å². The molecule has 0 aliphatic heterocycles. The van der Waals surface area contributed by atoms with Gasteiger partial charge in [-0.05, 0) is 32.0 Å². The Morgan fingerprint density at radius 3 is 2.76 bits per heavy atom. The van der Waals surface area contributed by atoms with Crippen molar-refractivity contribution >= 4 is 34.7 Å². The van der Waals surface area contributed by atoms with Crippen molar-refractivity contribution in [2.75, 3.05) is 51.5 Å². The zero-order chi connectivity index (χ0) is 15.7. The number of likely N-dealkylation sites (N-methyl/N-ethyl adjacent to an activating group) is 1. The second-order valence-electron chi connectivity index (χ2n) is 4.82. The first-order valence-corrected chi connectivity index (χ1v) is 8.47. The molecule has 0 fully saturated rings. The number of nitrogens with one attached hydrogen (secondary N) is 1. The van der Waals surface area contributed by atoms with Crippen molar-refractivity contribution in [3.8, 4) is 0 Å². The highest BCUT2D eigenvalue weighted by Crippen LogP contribution is 2.28. The quantitative estimate of drug-likeness (QED) is 0.391. The fourth-order valence-electron chi connectivity index (χ4n) is 1.82. The number of hydrogen-bond acceptors (Lipinski definition) is 5. The Morgan fingerprint density at radius 1 is 1.38 bits per heavy atom. The molecule has 4 nitrogen and oxygen atoms in total. The number of nitrogens with two attached hydrogens (primary N) is 1. The van der Waals surface area contributed by atoms with Crippen LogP contribution in [0.1, 0.15) is 12.5 Å². The fourth-order valence-corrected chi connectivity index (χ4v) is 2.95. The van der Waals surface area contributed by atoms with Crippen LogP contribution in [0, 0.1) is 0 Å². The summed E-state index contributed by atoms with van der Waals surface area (Å²) in [5, 5.41) is 3.36. The lowest BCUT2D eigenvalue weighted by molar-refractivity contribution is 0.126. The summed E-state index contributed by atoms with van der Waals surface area (Å²) < 4.78 is 5.57. The first-order valence-electron chi connectivity index (χ1n) is 7.08. The van der Waals surface area contributed by atoms with Crippen LogP contribution in [-0.4, -0.2) is 56.0 Å². The molecule has 0 saturated heterocycles. The van der Waals surface area contributed by atoms with E-state index in [1.54, 1.807) is 11.8 Å². The van der Waals surface area contributed by atoms with E-state index in [0.29, 0.717) is 11.6 Å². The van der Waals surface area contributed by atoms with E-state index >= 15 is 0 Å². The molecule has 0 radical (unpaired) electrons. The van der Waals surface area contributed by atoms with Crippen LogP contribution in [0.5, 0.6) is 0 Å². The molecule has 0 unspecified atom stereocenters. The van der Waals surface area contributed by atoms with Crippen LogP contribution in [0.4, 0.5) is 5.69 Å². The first kappa shape index (κ1) is 18.2. The van der Waals surface area contributed by atoms with Gasteiger partial charge < -0.3 is 20.7 Å². The molecule has 118 valence electrons. The Balaban J connectivity index is 2.54. The molecule has 0 amide bonds. The smallest absolute Gasteiger partial charge is 0.107 e. The first-order chi connectivity index (χ1) is 10.1. The second kappa shape index (κ2) is 10.00. The molecule has 0 atom stereocenters. The van der Waals surface area contributed by atoms with E-state index in [-0.39, 0.29) is 0 Å². The highest BCUT2D eigenvalue weighted by atomic mass is 32.2. The number of ether oxygens (including phenoxy) is 1. The van der Waals surface area contributed by atoms with Gasteiger partial charge in [0.1, 0.15) is 4.99 Å². The minimum Gasteiger partial charge on any atom is -0.389 e. The molecule has 0 aliphatic carbocycles. The Labute approximate surface area is 137 Å². The van der Waals surface area contributed by atoms with Crippen LogP contribution < -0.4 is 11.1 Å². The summed E-state index contributed by atoms with van der Waals surface area (Å²) >= 11 is 6.94. The molecular weight excluding hydrogens is 302 g/mol. The maximum absolute atomic E-state index is 5.87. The lowest BCUT2D eigenvalue weighted by Gasteiger charge is -2.15. The summed E-state index contributed by atoms with van der Waals surface area (Å²) in [5.41, 5.74) is 7.79. The largest absolute Gasteiger partial charge is 0.389 e. The van der Waals surface area contributed by atoms with Crippen molar-refractivity contribution in [1.29, 1.82) is 0 Å². The van der Waals surface area contributed by atoms with E-state index in [9.17, 15) is 0 Å². The normalized spacial score (nSPS) is 10.9. The van der Waals surface area contributed by atoms with Gasteiger partial charge in [-0.25, -0.2) is 0 Å². The van der Waals surface area contributed by atoms with E-state index in [1.165, 1.54) is 0 Å². The van der Waals surface area contributed by atoms with Crippen LogP contribution in [0.15, 0.2) is 23.1 Å². The average molecular weight is 328 g/mol. The number of thioether (sulfide) groups is 1.